The summed E-state index contributed by atoms with van der Waals surface area (Å²) in [6.45, 7) is 3.16. The summed E-state index contributed by atoms with van der Waals surface area (Å²) in [4.78, 5) is 34.0. The van der Waals surface area contributed by atoms with Crippen LogP contribution in [0.1, 0.15) is 46.0 Å². The minimum Gasteiger partial charge on any atom is -0.478 e. The minimum atomic E-state index is -1.17. The van der Waals surface area contributed by atoms with Crippen molar-refractivity contribution in [2.75, 3.05) is 6.54 Å². The lowest BCUT2D eigenvalue weighted by Gasteiger charge is -2.13. The number of amides is 3. The normalized spacial score (nSPS) is 15.6. The van der Waals surface area contributed by atoms with E-state index in [-0.39, 0.29) is 11.1 Å². The zero-order valence-corrected chi connectivity index (χ0v) is 12.5. The quantitative estimate of drug-likeness (QED) is 0.534. The van der Waals surface area contributed by atoms with Crippen LogP contribution in [0.3, 0.4) is 0 Å². The summed E-state index contributed by atoms with van der Waals surface area (Å²) in [5, 5.41) is 13.5. The molecule has 0 radical (unpaired) electrons. The highest BCUT2D eigenvalue weighted by molar-refractivity contribution is 6.07. The van der Waals surface area contributed by atoms with Gasteiger partial charge in [0.15, 0.2) is 0 Å². The molecule has 0 fully saturated rings. The molecule has 116 valence electrons. The molecule has 0 aromatic rings. The molecular formula is C15H22N2O4. The molecule has 0 aliphatic heterocycles. The van der Waals surface area contributed by atoms with E-state index in [0.29, 0.717) is 6.54 Å². The summed E-state index contributed by atoms with van der Waals surface area (Å²) in [5.74, 6) is -1.86. The number of nitrogens with one attached hydrogen (secondary N) is 2. The molecule has 6 nitrogen and oxygen atoms in total. The fraction of sp³-hybridized carbons (Fsp3) is 0.533. The molecule has 1 rings (SSSR count). The largest absolute Gasteiger partial charge is 0.478 e. The fourth-order valence-electron chi connectivity index (χ4n) is 2.04. The number of allylic oxidation sites excluding steroid dienone is 1. The molecule has 1 aliphatic rings. The van der Waals surface area contributed by atoms with Crippen LogP contribution in [0.25, 0.3) is 0 Å². The van der Waals surface area contributed by atoms with E-state index < -0.39 is 17.9 Å². The van der Waals surface area contributed by atoms with Crippen LogP contribution in [0, 0.1) is 0 Å². The maximum Gasteiger partial charge on any atom is 0.331 e. The Kier molecular flexibility index (Phi) is 6.65. The number of carboxylic acids is 1. The first-order valence-corrected chi connectivity index (χ1v) is 7.09. The highest BCUT2D eigenvalue weighted by Crippen LogP contribution is 2.19. The third kappa shape index (κ3) is 5.81. The number of aliphatic carboxylic acids is 1. The van der Waals surface area contributed by atoms with E-state index >= 15 is 0 Å². The van der Waals surface area contributed by atoms with Gasteiger partial charge in [-0.25, -0.2) is 9.59 Å². The smallest absolute Gasteiger partial charge is 0.331 e. The summed E-state index contributed by atoms with van der Waals surface area (Å²) in [6.07, 6.45) is 7.57. The second-order valence-corrected chi connectivity index (χ2v) is 5.12. The van der Waals surface area contributed by atoms with E-state index in [2.05, 4.69) is 16.7 Å². The first kappa shape index (κ1) is 16.9. The number of hydrogen-bond donors (Lipinski definition) is 3. The zero-order valence-electron chi connectivity index (χ0n) is 12.5. The molecule has 0 unspecified atom stereocenters. The Morgan fingerprint density at radius 2 is 1.90 bits per heavy atom. The van der Waals surface area contributed by atoms with Crippen molar-refractivity contribution < 1.29 is 19.5 Å². The molecule has 0 heterocycles. The monoisotopic (exact) mass is 294 g/mol. The van der Waals surface area contributed by atoms with Crippen LogP contribution >= 0.6 is 0 Å². The van der Waals surface area contributed by atoms with Gasteiger partial charge in [-0.3, -0.25) is 10.1 Å². The number of carbonyl (C=O) groups excluding carboxylic acids is 2. The maximum absolute atomic E-state index is 11.7. The standard InChI is InChI=1S/C15H22N2O4/c1-10(11(2)14(19)20)13(18)17-15(21)16-9-8-12-6-4-3-5-7-12/h6H,3-5,7-9H2,1-2H3,(H,19,20)(H2,16,17,18,21). The van der Waals surface area contributed by atoms with Crippen molar-refractivity contribution in [2.24, 2.45) is 0 Å². The van der Waals surface area contributed by atoms with Gasteiger partial charge in [0.1, 0.15) is 0 Å². The molecule has 0 atom stereocenters. The van der Waals surface area contributed by atoms with Crippen LogP contribution in [0.5, 0.6) is 0 Å². The average molecular weight is 294 g/mol. The first-order chi connectivity index (χ1) is 9.91. The molecular weight excluding hydrogens is 272 g/mol. The maximum atomic E-state index is 11.7. The van der Waals surface area contributed by atoms with E-state index in [1.807, 2.05) is 0 Å². The second kappa shape index (κ2) is 8.24. The van der Waals surface area contributed by atoms with E-state index in [9.17, 15) is 14.4 Å². The molecule has 0 saturated heterocycles. The Hall–Kier alpha value is -2.11. The first-order valence-electron chi connectivity index (χ1n) is 7.09. The van der Waals surface area contributed by atoms with Crippen LogP contribution in [0.15, 0.2) is 22.8 Å². The van der Waals surface area contributed by atoms with Gasteiger partial charge in [-0.1, -0.05) is 11.6 Å². The van der Waals surface area contributed by atoms with Crippen LogP contribution in [-0.4, -0.2) is 29.6 Å². The van der Waals surface area contributed by atoms with Gasteiger partial charge < -0.3 is 10.4 Å². The number of hydrogen-bond acceptors (Lipinski definition) is 3. The Balaban J connectivity index is 2.36. The summed E-state index contributed by atoms with van der Waals surface area (Å²) in [5.41, 5.74) is 1.28. The molecule has 3 amide bonds. The van der Waals surface area contributed by atoms with E-state index in [1.165, 1.54) is 32.3 Å². The lowest BCUT2D eigenvalue weighted by molar-refractivity contribution is -0.133. The molecule has 21 heavy (non-hydrogen) atoms. The lowest BCUT2D eigenvalue weighted by Crippen LogP contribution is -2.40. The second-order valence-electron chi connectivity index (χ2n) is 5.12. The van der Waals surface area contributed by atoms with Crippen molar-refractivity contribution in [1.82, 2.24) is 10.6 Å². The number of carbonyl (C=O) groups is 3. The highest BCUT2D eigenvalue weighted by atomic mass is 16.4. The highest BCUT2D eigenvalue weighted by Gasteiger charge is 2.15. The van der Waals surface area contributed by atoms with Crippen LogP contribution < -0.4 is 10.6 Å². The van der Waals surface area contributed by atoms with Gasteiger partial charge in [-0.05, 0) is 46.0 Å². The number of imide groups is 1. The third-order valence-electron chi connectivity index (χ3n) is 3.57. The SMILES string of the molecule is CC(C(=O)O)=C(C)C(=O)NC(=O)NCCC1=CCCCC1. The summed E-state index contributed by atoms with van der Waals surface area (Å²) < 4.78 is 0. The van der Waals surface area contributed by atoms with Crippen molar-refractivity contribution in [3.8, 4) is 0 Å². The third-order valence-corrected chi connectivity index (χ3v) is 3.57. The zero-order chi connectivity index (χ0) is 15.8. The lowest BCUT2D eigenvalue weighted by atomic mass is 9.97. The van der Waals surface area contributed by atoms with Crippen molar-refractivity contribution in [1.29, 1.82) is 0 Å². The van der Waals surface area contributed by atoms with Crippen molar-refractivity contribution >= 4 is 17.9 Å². The van der Waals surface area contributed by atoms with E-state index in [4.69, 9.17) is 5.11 Å². The minimum absolute atomic E-state index is 0.0210. The van der Waals surface area contributed by atoms with Crippen LogP contribution in [0.2, 0.25) is 0 Å². The van der Waals surface area contributed by atoms with Crippen LogP contribution in [0.4, 0.5) is 4.79 Å². The Morgan fingerprint density at radius 3 is 2.48 bits per heavy atom. The molecule has 0 aromatic carbocycles. The van der Waals surface area contributed by atoms with Crippen LogP contribution in [-0.2, 0) is 9.59 Å². The van der Waals surface area contributed by atoms with Gasteiger partial charge >= 0.3 is 12.0 Å². The summed E-state index contributed by atoms with van der Waals surface area (Å²) in [6, 6.07) is -0.603. The van der Waals surface area contributed by atoms with Gasteiger partial charge in [0, 0.05) is 17.7 Å². The van der Waals surface area contributed by atoms with Gasteiger partial charge in [-0.2, -0.15) is 0 Å². The predicted octanol–water partition coefficient (Wildman–Crippen LogP) is 2.12. The van der Waals surface area contributed by atoms with Gasteiger partial charge in [-0.15, -0.1) is 0 Å². The summed E-state index contributed by atoms with van der Waals surface area (Å²) in [7, 11) is 0. The Labute approximate surface area is 124 Å². The number of carboxylic acid groups (broad SMARTS) is 1. The number of urea groups is 1. The molecule has 0 spiro atoms. The number of rotatable bonds is 5. The fourth-order valence-corrected chi connectivity index (χ4v) is 2.04. The van der Waals surface area contributed by atoms with Crippen molar-refractivity contribution in [2.45, 2.75) is 46.0 Å². The molecule has 0 aromatic heterocycles. The van der Waals surface area contributed by atoms with Gasteiger partial charge in [0.05, 0.1) is 0 Å². The predicted molar refractivity (Wildman–Crippen MR) is 78.7 cm³/mol. The molecule has 3 N–H and O–H groups in total. The van der Waals surface area contributed by atoms with Gasteiger partial charge in [0.2, 0.25) is 0 Å². The van der Waals surface area contributed by atoms with E-state index in [0.717, 1.165) is 19.3 Å². The topological polar surface area (TPSA) is 95.5 Å². The molecule has 0 saturated carbocycles. The Morgan fingerprint density at radius 1 is 1.19 bits per heavy atom. The summed E-state index contributed by atoms with van der Waals surface area (Å²) >= 11 is 0. The van der Waals surface area contributed by atoms with Crippen molar-refractivity contribution in [3.05, 3.63) is 22.8 Å². The van der Waals surface area contributed by atoms with Gasteiger partial charge in [0.25, 0.3) is 5.91 Å². The molecule has 0 bridgehead atoms. The Bertz CT molecular complexity index is 492. The van der Waals surface area contributed by atoms with E-state index in [1.54, 1.807) is 0 Å². The molecule has 6 heteroatoms. The van der Waals surface area contributed by atoms with Crippen molar-refractivity contribution in [3.63, 3.8) is 0 Å². The average Bonchev–Trinajstić information content (AvgIpc) is 2.46. The molecule has 1 aliphatic carbocycles.